The number of nitrogens with one attached hydrogen (secondary N) is 1. The number of pyridine rings is 1. The molecule has 3 heteroatoms. The van der Waals surface area contributed by atoms with E-state index >= 15 is 0 Å². The van der Waals surface area contributed by atoms with Gasteiger partial charge in [0.1, 0.15) is 5.82 Å². The third kappa shape index (κ3) is 3.68. The van der Waals surface area contributed by atoms with Gasteiger partial charge < -0.3 is 5.32 Å². The Labute approximate surface area is 84.1 Å². The molecule has 0 amide bonds. The third-order valence-electron chi connectivity index (χ3n) is 1.83. The molecule has 13 heavy (non-hydrogen) atoms. The van der Waals surface area contributed by atoms with Crippen molar-refractivity contribution in [2.24, 2.45) is 0 Å². The number of aryl methyl sites for hydroxylation is 1. The second-order valence-electron chi connectivity index (χ2n) is 2.94. The van der Waals surface area contributed by atoms with Crippen LogP contribution >= 0.6 is 11.8 Å². The van der Waals surface area contributed by atoms with Crippen LogP contribution in [0, 0.1) is 6.92 Å². The summed E-state index contributed by atoms with van der Waals surface area (Å²) in [5.41, 5.74) is 1.21. The van der Waals surface area contributed by atoms with Crippen molar-refractivity contribution in [3.8, 4) is 0 Å². The van der Waals surface area contributed by atoms with Gasteiger partial charge in [-0.05, 0) is 37.0 Å². The van der Waals surface area contributed by atoms with Crippen molar-refractivity contribution < 1.29 is 0 Å². The minimum atomic E-state index is 1.01. The van der Waals surface area contributed by atoms with E-state index in [1.165, 1.54) is 17.7 Å². The first-order valence-corrected chi connectivity index (χ1v) is 5.88. The summed E-state index contributed by atoms with van der Waals surface area (Å²) >= 11 is 1.88. The fourth-order valence-electron chi connectivity index (χ4n) is 1.09. The maximum atomic E-state index is 4.26. The molecule has 2 nitrogen and oxygen atoms in total. The number of nitrogens with zero attached hydrogens (tertiary/aromatic N) is 1. The number of rotatable bonds is 5. The van der Waals surface area contributed by atoms with Crippen LogP contribution in [0.4, 0.5) is 5.82 Å². The summed E-state index contributed by atoms with van der Waals surface area (Å²) < 4.78 is 0. The van der Waals surface area contributed by atoms with Gasteiger partial charge >= 0.3 is 0 Å². The number of aromatic nitrogens is 1. The highest BCUT2D eigenvalue weighted by molar-refractivity contribution is 7.98. The van der Waals surface area contributed by atoms with Crippen molar-refractivity contribution in [1.29, 1.82) is 0 Å². The SMILES string of the molecule is CSCCCNc1ncccc1C. The molecule has 1 rings (SSSR count). The number of anilines is 1. The van der Waals surface area contributed by atoms with Gasteiger partial charge in [-0.3, -0.25) is 0 Å². The fourth-order valence-corrected chi connectivity index (χ4v) is 1.53. The van der Waals surface area contributed by atoms with E-state index in [0.29, 0.717) is 0 Å². The van der Waals surface area contributed by atoms with E-state index < -0.39 is 0 Å². The van der Waals surface area contributed by atoms with Gasteiger partial charge in [0, 0.05) is 12.7 Å². The second kappa shape index (κ2) is 5.86. The maximum Gasteiger partial charge on any atom is 0.128 e. The predicted octanol–water partition coefficient (Wildman–Crippen LogP) is 2.56. The molecule has 72 valence electrons. The lowest BCUT2D eigenvalue weighted by molar-refractivity contribution is 0.978. The lowest BCUT2D eigenvalue weighted by atomic mass is 10.3. The van der Waals surface area contributed by atoms with Crippen molar-refractivity contribution >= 4 is 17.6 Å². The Balaban J connectivity index is 2.32. The van der Waals surface area contributed by atoms with Crippen LogP contribution in [0.2, 0.25) is 0 Å². The zero-order chi connectivity index (χ0) is 9.52. The molecule has 0 saturated carbocycles. The molecule has 0 unspecified atom stereocenters. The second-order valence-corrected chi connectivity index (χ2v) is 3.93. The Morgan fingerprint density at radius 2 is 2.38 bits per heavy atom. The van der Waals surface area contributed by atoms with Crippen LogP contribution in [-0.4, -0.2) is 23.5 Å². The molecule has 0 aromatic carbocycles. The van der Waals surface area contributed by atoms with E-state index in [1.807, 2.05) is 24.0 Å². The topological polar surface area (TPSA) is 24.9 Å². The molecule has 0 aliphatic carbocycles. The molecule has 1 heterocycles. The standard InChI is InChI=1S/C10H16N2S/c1-9-5-3-6-11-10(9)12-7-4-8-13-2/h3,5-6H,4,7-8H2,1-2H3,(H,11,12). The highest BCUT2D eigenvalue weighted by Gasteiger charge is 1.95. The van der Waals surface area contributed by atoms with Crippen molar-refractivity contribution in [1.82, 2.24) is 4.98 Å². The Morgan fingerprint density at radius 3 is 3.08 bits per heavy atom. The fraction of sp³-hybridized carbons (Fsp3) is 0.500. The average molecular weight is 196 g/mol. The van der Waals surface area contributed by atoms with Crippen LogP contribution in [0.25, 0.3) is 0 Å². The van der Waals surface area contributed by atoms with Crippen LogP contribution < -0.4 is 5.32 Å². The van der Waals surface area contributed by atoms with Gasteiger partial charge in [0.25, 0.3) is 0 Å². The average Bonchev–Trinajstić information content (AvgIpc) is 2.15. The van der Waals surface area contributed by atoms with E-state index in [-0.39, 0.29) is 0 Å². The largest absolute Gasteiger partial charge is 0.370 e. The molecular weight excluding hydrogens is 180 g/mol. The number of hydrogen-bond donors (Lipinski definition) is 1. The van der Waals surface area contributed by atoms with Gasteiger partial charge in [-0.15, -0.1) is 0 Å². The Hall–Kier alpha value is -0.700. The van der Waals surface area contributed by atoms with Gasteiger partial charge in [0.15, 0.2) is 0 Å². The molecule has 0 aliphatic rings. The summed E-state index contributed by atoms with van der Waals surface area (Å²) in [6.07, 6.45) is 5.15. The van der Waals surface area contributed by atoms with Gasteiger partial charge in [-0.1, -0.05) is 6.07 Å². The van der Waals surface area contributed by atoms with Gasteiger partial charge in [0.2, 0.25) is 0 Å². The molecule has 0 aliphatic heterocycles. The minimum Gasteiger partial charge on any atom is -0.370 e. The molecule has 0 spiro atoms. The molecule has 1 N–H and O–H groups in total. The van der Waals surface area contributed by atoms with E-state index in [4.69, 9.17) is 0 Å². The quantitative estimate of drug-likeness (QED) is 0.733. The molecule has 0 atom stereocenters. The van der Waals surface area contributed by atoms with Crippen molar-refractivity contribution in [3.05, 3.63) is 23.9 Å². The number of hydrogen-bond acceptors (Lipinski definition) is 3. The van der Waals surface area contributed by atoms with E-state index in [9.17, 15) is 0 Å². The van der Waals surface area contributed by atoms with Gasteiger partial charge in [0.05, 0.1) is 0 Å². The molecule has 1 aromatic rings. The maximum absolute atomic E-state index is 4.26. The highest BCUT2D eigenvalue weighted by atomic mass is 32.2. The summed E-state index contributed by atoms with van der Waals surface area (Å²) in [5.74, 6) is 2.22. The minimum absolute atomic E-state index is 1.01. The molecule has 0 radical (unpaired) electrons. The summed E-state index contributed by atoms with van der Waals surface area (Å²) in [6.45, 7) is 3.09. The van der Waals surface area contributed by atoms with Crippen LogP contribution in [0.1, 0.15) is 12.0 Å². The monoisotopic (exact) mass is 196 g/mol. The van der Waals surface area contributed by atoms with E-state index in [2.05, 4.69) is 29.5 Å². The van der Waals surface area contributed by atoms with E-state index in [0.717, 1.165) is 12.4 Å². The first-order valence-electron chi connectivity index (χ1n) is 4.49. The van der Waals surface area contributed by atoms with Crippen molar-refractivity contribution in [2.45, 2.75) is 13.3 Å². The van der Waals surface area contributed by atoms with Crippen molar-refractivity contribution in [2.75, 3.05) is 23.9 Å². The molecule has 0 bridgehead atoms. The first kappa shape index (κ1) is 10.4. The summed E-state index contributed by atoms with van der Waals surface area (Å²) in [6, 6.07) is 4.03. The first-order chi connectivity index (χ1) is 6.34. The Morgan fingerprint density at radius 1 is 1.54 bits per heavy atom. The molecule has 0 fully saturated rings. The van der Waals surface area contributed by atoms with Gasteiger partial charge in [-0.25, -0.2) is 4.98 Å². The molecule has 1 aromatic heterocycles. The third-order valence-corrected chi connectivity index (χ3v) is 2.52. The Bertz CT molecular complexity index is 250. The van der Waals surface area contributed by atoms with Crippen LogP contribution in [0.15, 0.2) is 18.3 Å². The van der Waals surface area contributed by atoms with Crippen molar-refractivity contribution in [3.63, 3.8) is 0 Å². The predicted molar refractivity (Wildman–Crippen MR) is 60.5 cm³/mol. The smallest absolute Gasteiger partial charge is 0.128 e. The summed E-state index contributed by atoms with van der Waals surface area (Å²) in [7, 11) is 0. The van der Waals surface area contributed by atoms with E-state index in [1.54, 1.807) is 0 Å². The molecule has 0 saturated heterocycles. The highest BCUT2D eigenvalue weighted by Crippen LogP contribution is 2.08. The van der Waals surface area contributed by atoms with Crippen LogP contribution in [0.5, 0.6) is 0 Å². The molecular formula is C10H16N2S. The zero-order valence-electron chi connectivity index (χ0n) is 8.21. The lowest BCUT2D eigenvalue weighted by Gasteiger charge is -2.06. The van der Waals surface area contributed by atoms with Crippen LogP contribution in [0.3, 0.4) is 0 Å². The summed E-state index contributed by atoms with van der Waals surface area (Å²) in [4.78, 5) is 4.26. The Kier molecular flexibility index (Phi) is 4.68. The summed E-state index contributed by atoms with van der Waals surface area (Å²) in [5, 5.41) is 3.32. The number of thioether (sulfide) groups is 1. The zero-order valence-corrected chi connectivity index (χ0v) is 9.03. The van der Waals surface area contributed by atoms with Crippen LogP contribution in [-0.2, 0) is 0 Å². The normalized spacial score (nSPS) is 10.0. The lowest BCUT2D eigenvalue weighted by Crippen LogP contribution is -2.05. The van der Waals surface area contributed by atoms with Gasteiger partial charge in [-0.2, -0.15) is 11.8 Å².